The first-order valence-electron chi connectivity index (χ1n) is 9.88. The van der Waals surface area contributed by atoms with Crippen LogP contribution in [0.5, 0.6) is 0 Å². The summed E-state index contributed by atoms with van der Waals surface area (Å²) in [6, 6.07) is 13.7. The standard InChI is InChI=1S/C22H27FN2O2S/c1-24-21-13-17-7-6-16(14-22(8-3-9-22)25-28(26)27)12-19(17)20(21)11-15-4-2-5-18(23)10-15/h2,4-7,10,12,20-21,24-25H,3,8-9,11,13-14H2,1H3,(H,26,27)/p-1. The molecule has 2 aliphatic rings. The average molecular weight is 402 g/mol. The maximum absolute atomic E-state index is 13.6. The monoisotopic (exact) mass is 401 g/mol. The summed E-state index contributed by atoms with van der Waals surface area (Å²) in [5.41, 5.74) is 4.46. The summed E-state index contributed by atoms with van der Waals surface area (Å²) in [6.45, 7) is 0. The number of halogens is 1. The average Bonchev–Trinajstić information content (AvgIpc) is 2.96. The van der Waals surface area contributed by atoms with E-state index in [2.05, 4.69) is 28.2 Å². The van der Waals surface area contributed by atoms with E-state index in [0.717, 1.165) is 43.2 Å². The van der Waals surface area contributed by atoms with Crippen LogP contribution in [0.1, 0.15) is 47.4 Å². The van der Waals surface area contributed by atoms with Gasteiger partial charge in [0.05, 0.1) is 0 Å². The summed E-state index contributed by atoms with van der Waals surface area (Å²) in [5.74, 6) is 0.0785. The third-order valence-corrected chi connectivity index (χ3v) is 7.00. The van der Waals surface area contributed by atoms with Crippen LogP contribution in [0.4, 0.5) is 4.39 Å². The van der Waals surface area contributed by atoms with Gasteiger partial charge < -0.3 is 9.87 Å². The molecule has 4 nitrogen and oxygen atoms in total. The van der Waals surface area contributed by atoms with Crippen molar-refractivity contribution in [1.29, 1.82) is 0 Å². The van der Waals surface area contributed by atoms with E-state index in [-0.39, 0.29) is 17.3 Å². The van der Waals surface area contributed by atoms with E-state index >= 15 is 0 Å². The van der Waals surface area contributed by atoms with Gasteiger partial charge in [0.25, 0.3) is 0 Å². The zero-order chi connectivity index (χ0) is 19.7. The summed E-state index contributed by atoms with van der Waals surface area (Å²) in [6.07, 6.45) is 5.27. The normalized spacial score (nSPS) is 23.8. The molecule has 3 unspecified atom stereocenters. The van der Waals surface area contributed by atoms with Gasteiger partial charge in [-0.05, 0) is 80.0 Å². The number of benzene rings is 2. The van der Waals surface area contributed by atoms with Gasteiger partial charge in [-0.2, -0.15) is 0 Å². The highest BCUT2D eigenvalue weighted by Gasteiger charge is 2.38. The Labute approximate surface area is 168 Å². The van der Waals surface area contributed by atoms with Gasteiger partial charge in [-0.15, -0.1) is 0 Å². The van der Waals surface area contributed by atoms with Crippen LogP contribution >= 0.6 is 0 Å². The smallest absolute Gasteiger partial charge is 0.123 e. The van der Waals surface area contributed by atoms with Crippen molar-refractivity contribution in [2.75, 3.05) is 7.05 Å². The fourth-order valence-electron chi connectivity index (χ4n) is 4.84. The van der Waals surface area contributed by atoms with Crippen LogP contribution in [0, 0.1) is 5.82 Å². The predicted octanol–water partition coefficient (Wildman–Crippen LogP) is 3.15. The third kappa shape index (κ3) is 4.06. The van der Waals surface area contributed by atoms with Gasteiger partial charge in [0.2, 0.25) is 0 Å². The van der Waals surface area contributed by atoms with Gasteiger partial charge >= 0.3 is 0 Å². The second-order valence-corrected chi connectivity index (χ2v) is 8.89. The Balaban J connectivity index is 1.59. The molecule has 4 rings (SSSR count). The van der Waals surface area contributed by atoms with Crippen molar-refractivity contribution in [2.45, 2.75) is 56.0 Å². The van der Waals surface area contributed by atoms with E-state index in [1.54, 1.807) is 12.1 Å². The fraction of sp³-hybridized carbons (Fsp3) is 0.455. The number of nitrogens with one attached hydrogen (secondary N) is 2. The van der Waals surface area contributed by atoms with Crippen molar-refractivity contribution in [3.05, 3.63) is 70.5 Å². The van der Waals surface area contributed by atoms with Gasteiger partial charge in [-0.3, -0.25) is 4.21 Å². The minimum absolute atomic E-state index is 0.200. The number of likely N-dealkylation sites (N-methyl/N-ethyl adjacent to an activating group) is 1. The minimum atomic E-state index is -2.24. The quantitative estimate of drug-likeness (QED) is 0.701. The van der Waals surface area contributed by atoms with Gasteiger partial charge in [-0.1, -0.05) is 30.3 Å². The summed E-state index contributed by atoms with van der Waals surface area (Å²) in [7, 11) is 1.98. The van der Waals surface area contributed by atoms with Crippen molar-refractivity contribution >= 4 is 11.3 Å². The Morgan fingerprint density at radius 1 is 1.21 bits per heavy atom. The van der Waals surface area contributed by atoms with Gasteiger partial charge in [0, 0.05) is 28.8 Å². The van der Waals surface area contributed by atoms with Crippen molar-refractivity contribution in [3.8, 4) is 0 Å². The number of hydrogen-bond donors (Lipinski definition) is 2. The van der Waals surface area contributed by atoms with E-state index in [1.807, 2.05) is 13.1 Å². The summed E-state index contributed by atoms with van der Waals surface area (Å²) < 4.78 is 38.8. The third-order valence-electron chi connectivity index (χ3n) is 6.40. The SMILES string of the molecule is CNC1Cc2ccc(CC3(NS(=O)[O-])CCC3)cc2C1Cc1cccc(F)c1. The lowest BCUT2D eigenvalue weighted by Crippen LogP contribution is -2.53. The van der Waals surface area contributed by atoms with Crippen LogP contribution in [-0.4, -0.2) is 27.4 Å². The van der Waals surface area contributed by atoms with Gasteiger partial charge in [0.15, 0.2) is 0 Å². The van der Waals surface area contributed by atoms with Crippen LogP contribution < -0.4 is 10.0 Å². The highest BCUT2D eigenvalue weighted by Crippen LogP contribution is 2.39. The zero-order valence-corrected chi connectivity index (χ0v) is 16.9. The molecule has 0 amide bonds. The molecular formula is C22H26FN2O2S-. The molecule has 0 heterocycles. The molecule has 6 heteroatoms. The molecular weight excluding hydrogens is 375 g/mol. The molecule has 1 fully saturated rings. The molecule has 0 radical (unpaired) electrons. The number of rotatable bonds is 7. The van der Waals surface area contributed by atoms with Gasteiger partial charge in [-0.25, -0.2) is 9.11 Å². The van der Waals surface area contributed by atoms with Crippen LogP contribution in [0.25, 0.3) is 0 Å². The molecule has 0 aliphatic heterocycles. The Bertz CT molecular complexity index is 885. The fourth-order valence-corrected chi connectivity index (χ4v) is 5.47. The maximum Gasteiger partial charge on any atom is 0.123 e. The molecule has 28 heavy (non-hydrogen) atoms. The Hall–Kier alpha value is -1.60. The largest absolute Gasteiger partial charge is 0.760 e. The second-order valence-electron chi connectivity index (χ2n) is 8.22. The zero-order valence-electron chi connectivity index (χ0n) is 16.0. The van der Waals surface area contributed by atoms with Crippen molar-refractivity contribution in [3.63, 3.8) is 0 Å². The molecule has 2 aromatic carbocycles. The highest BCUT2D eigenvalue weighted by molar-refractivity contribution is 7.77. The van der Waals surface area contributed by atoms with Crippen LogP contribution in [0.15, 0.2) is 42.5 Å². The molecule has 0 aromatic heterocycles. The molecule has 150 valence electrons. The first kappa shape index (κ1) is 19.7. The Morgan fingerprint density at radius 2 is 2.04 bits per heavy atom. The maximum atomic E-state index is 13.6. The van der Waals surface area contributed by atoms with Crippen LogP contribution in [0.3, 0.4) is 0 Å². The first-order chi connectivity index (χ1) is 13.5. The van der Waals surface area contributed by atoms with Crippen molar-refractivity contribution in [2.24, 2.45) is 0 Å². The number of hydrogen-bond acceptors (Lipinski definition) is 3. The summed E-state index contributed by atoms with van der Waals surface area (Å²) in [4.78, 5) is 0. The van der Waals surface area contributed by atoms with Crippen molar-refractivity contribution in [1.82, 2.24) is 10.0 Å². The molecule has 2 N–H and O–H groups in total. The molecule has 2 aromatic rings. The minimum Gasteiger partial charge on any atom is -0.760 e. The Kier molecular flexibility index (Phi) is 5.65. The van der Waals surface area contributed by atoms with E-state index in [9.17, 15) is 13.2 Å². The molecule has 3 atom stereocenters. The first-order valence-corrected chi connectivity index (χ1v) is 11.0. The predicted molar refractivity (Wildman–Crippen MR) is 108 cm³/mol. The van der Waals surface area contributed by atoms with E-state index < -0.39 is 11.3 Å². The van der Waals surface area contributed by atoms with Crippen LogP contribution in [-0.2, 0) is 30.5 Å². The summed E-state index contributed by atoms with van der Waals surface area (Å²) in [5, 5.41) is 3.42. The van der Waals surface area contributed by atoms with Gasteiger partial charge in [0.1, 0.15) is 5.82 Å². The lowest BCUT2D eigenvalue weighted by Gasteiger charge is -2.43. The van der Waals surface area contributed by atoms with E-state index in [4.69, 9.17) is 0 Å². The highest BCUT2D eigenvalue weighted by atomic mass is 32.2. The Morgan fingerprint density at radius 3 is 2.68 bits per heavy atom. The molecule has 2 aliphatic carbocycles. The topological polar surface area (TPSA) is 64.2 Å². The number of fused-ring (bicyclic) bond motifs is 1. The lowest BCUT2D eigenvalue weighted by atomic mass is 9.73. The molecule has 0 bridgehead atoms. The lowest BCUT2D eigenvalue weighted by molar-refractivity contribution is 0.218. The van der Waals surface area contributed by atoms with Crippen LogP contribution in [0.2, 0.25) is 0 Å². The van der Waals surface area contributed by atoms with Crippen molar-refractivity contribution < 1.29 is 13.2 Å². The van der Waals surface area contributed by atoms with E-state index in [1.165, 1.54) is 17.2 Å². The molecule has 1 saturated carbocycles. The second kappa shape index (κ2) is 8.03. The molecule has 0 spiro atoms. The summed E-state index contributed by atoms with van der Waals surface area (Å²) >= 11 is -2.24. The van der Waals surface area contributed by atoms with E-state index in [0.29, 0.717) is 12.5 Å². The molecule has 0 saturated heterocycles.